The number of carbonyl (C=O) groups excluding carboxylic acids is 1. The highest BCUT2D eigenvalue weighted by Gasteiger charge is 2.23. The molecule has 0 aliphatic carbocycles. The third kappa shape index (κ3) is 2.97. The van der Waals surface area contributed by atoms with Gasteiger partial charge in [-0.1, -0.05) is 6.07 Å². The summed E-state index contributed by atoms with van der Waals surface area (Å²) in [6.45, 7) is 1.10. The van der Waals surface area contributed by atoms with Gasteiger partial charge in [0, 0.05) is 0 Å². The standard InChI is InChI=1S/C13H16O6/c1-16-11-5-8(12(14)13(15)17-2)3-4-10(11)19-9-6-18-7-9/h3-5,9,12,14H,6-7H2,1-2H3. The number of hydrogen-bond acceptors (Lipinski definition) is 6. The van der Waals surface area contributed by atoms with Crippen LogP contribution >= 0.6 is 0 Å². The van der Waals surface area contributed by atoms with Crippen LogP contribution in [0.4, 0.5) is 0 Å². The van der Waals surface area contributed by atoms with Gasteiger partial charge >= 0.3 is 5.97 Å². The number of aliphatic hydroxyl groups is 1. The van der Waals surface area contributed by atoms with E-state index in [1.807, 2.05) is 0 Å². The second kappa shape index (κ2) is 5.90. The fraction of sp³-hybridized carbons (Fsp3) is 0.462. The minimum Gasteiger partial charge on any atom is -0.493 e. The van der Waals surface area contributed by atoms with Gasteiger partial charge in [-0.3, -0.25) is 0 Å². The van der Waals surface area contributed by atoms with Crippen molar-refractivity contribution in [3.05, 3.63) is 23.8 Å². The van der Waals surface area contributed by atoms with E-state index < -0.39 is 12.1 Å². The highest BCUT2D eigenvalue weighted by atomic mass is 16.6. The number of carbonyl (C=O) groups is 1. The Hall–Kier alpha value is -1.79. The van der Waals surface area contributed by atoms with Crippen LogP contribution in [0.3, 0.4) is 0 Å². The summed E-state index contributed by atoms with van der Waals surface area (Å²) >= 11 is 0. The molecule has 0 aromatic heterocycles. The summed E-state index contributed by atoms with van der Waals surface area (Å²) in [5.41, 5.74) is 0.390. The summed E-state index contributed by atoms with van der Waals surface area (Å²) in [5.74, 6) is 0.284. The number of methoxy groups -OCH3 is 2. The highest BCUT2D eigenvalue weighted by molar-refractivity contribution is 5.76. The number of aliphatic hydroxyl groups excluding tert-OH is 1. The van der Waals surface area contributed by atoms with Gasteiger partial charge in [0.05, 0.1) is 27.4 Å². The zero-order valence-electron chi connectivity index (χ0n) is 10.8. The van der Waals surface area contributed by atoms with E-state index in [2.05, 4.69) is 4.74 Å². The van der Waals surface area contributed by atoms with E-state index in [9.17, 15) is 9.90 Å². The number of rotatable bonds is 5. The van der Waals surface area contributed by atoms with Crippen LogP contribution in [0.25, 0.3) is 0 Å². The van der Waals surface area contributed by atoms with Gasteiger partial charge < -0.3 is 24.1 Å². The van der Waals surface area contributed by atoms with E-state index in [1.165, 1.54) is 14.2 Å². The lowest BCUT2D eigenvalue weighted by molar-refractivity contribution is -0.150. The number of benzene rings is 1. The third-order valence-electron chi connectivity index (χ3n) is 2.83. The second-order valence-electron chi connectivity index (χ2n) is 4.11. The lowest BCUT2D eigenvalue weighted by Crippen LogP contribution is -2.38. The predicted molar refractivity (Wildman–Crippen MR) is 65.2 cm³/mol. The molecule has 1 N–H and O–H groups in total. The molecule has 1 fully saturated rings. The average Bonchev–Trinajstić information content (AvgIpc) is 2.41. The molecule has 1 aliphatic heterocycles. The molecule has 1 aliphatic rings. The maximum Gasteiger partial charge on any atom is 0.339 e. The summed E-state index contributed by atoms with van der Waals surface area (Å²) in [6.07, 6.45) is -1.31. The molecule has 0 spiro atoms. The largest absolute Gasteiger partial charge is 0.493 e. The van der Waals surface area contributed by atoms with Crippen molar-refractivity contribution in [3.8, 4) is 11.5 Å². The van der Waals surface area contributed by atoms with Crippen molar-refractivity contribution < 1.29 is 28.8 Å². The fourth-order valence-electron chi connectivity index (χ4n) is 1.66. The topological polar surface area (TPSA) is 74.2 Å². The van der Waals surface area contributed by atoms with Gasteiger partial charge in [0.15, 0.2) is 17.6 Å². The molecular formula is C13H16O6. The number of esters is 1. The SMILES string of the molecule is COC(=O)C(O)c1ccc(OC2COC2)c(OC)c1. The molecule has 1 aromatic carbocycles. The van der Waals surface area contributed by atoms with E-state index in [1.54, 1.807) is 18.2 Å². The fourth-order valence-corrected chi connectivity index (χ4v) is 1.66. The molecule has 19 heavy (non-hydrogen) atoms. The zero-order chi connectivity index (χ0) is 13.8. The van der Waals surface area contributed by atoms with Gasteiger partial charge in [-0.2, -0.15) is 0 Å². The van der Waals surface area contributed by atoms with Crippen LogP contribution in [-0.2, 0) is 14.3 Å². The Kier molecular flexibility index (Phi) is 4.24. The van der Waals surface area contributed by atoms with Crippen molar-refractivity contribution >= 4 is 5.97 Å². The molecule has 104 valence electrons. The number of ether oxygens (including phenoxy) is 4. The van der Waals surface area contributed by atoms with Crippen molar-refractivity contribution in [2.75, 3.05) is 27.4 Å². The van der Waals surface area contributed by atoms with E-state index in [0.717, 1.165) is 0 Å². The summed E-state index contributed by atoms with van der Waals surface area (Å²) in [5, 5.41) is 9.75. The minimum absolute atomic E-state index is 0.0188. The van der Waals surface area contributed by atoms with Gasteiger partial charge in [0.2, 0.25) is 0 Å². The molecular weight excluding hydrogens is 252 g/mol. The number of hydrogen-bond donors (Lipinski definition) is 1. The van der Waals surface area contributed by atoms with Crippen LogP contribution in [0.15, 0.2) is 18.2 Å². The van der Waals surface area contributed by atoms with E-state index >= 15 is 0 Å². The van der Waals surface area contributed by atoms with Gasteiger partial charge in [-0.05, 0) is 17.7 Å². The Balaban J connectivity index is 2.17. The average molecular weight is 268 g/mol. The Morgan fingerprint density at radius 3 is 2.63 bits per heavy atom. The van der Waals surface area contributed by atoms with Crippen LogP contribution in [-0.4, -0.2) is 44.6 Å². The van der Waals surface area contributed by atoms with Crippen molar-refractivity contribution in [2.24, 2.45) is 0 Å². The van der Waals surface area contributed by atoms with Crippen LogP contribution < -0.4 is 9.47 Å². The van der Waals surface area contributed by atoms with E-state index in [4.69, 9.17) is 14.2 Å². The van der Waals surface area contributed by atoms with Crippen LogP contribution in [0, 0.1) is 0 Å². The smallest absolute Gasteiger partial charge is 0.339 e. The first-order chi connectivity index (χ1) is 9.15. The van der Waals surface area contributed by atoms with Gasteiger partial charge in [-0.25, -0.2) is 4.79 Å². The Labute approximate surface area is 110 Å². The first-order valence-electron chi connectivity index (χ1n) is 5.84. The molecule has 6 nitrogen and oxygen atoms in total. The van der Waals surface area contributed by atoms with Gasteiger partial charge in [0.25, 0.3) is 0 Å². The lowest BCUT2D eigenvalue weighted by atomic mass is 10.1. The van der Waals surface area contributed by atoms with Crippen molar-refractivity contribution in [3.63, 3.8) is 0 Å². The predicted octanol–water partition coefficient (Wildman–Crippen LogP) is 0.679. The zero-order valence-corrected chi connectivity index (χ0v) is 10.8. The summed E-state index contributed by atoms with van der Waals surface area (Å²) in [7, 11) is 2.71. The summed E-state index contributed by atoms with van der Waals surface area (Å²) in [4.78, 5) is 11.3. The normalized spacial score (nSPS) is 16.4. The Morgan fingerprint density at radius 2 is 2.11 bits per heavy atom. The molecule has 1 unspecified atom stereocenters. The first-order valence-corrected chi connectivity index (χ1v) is 5.84. The van der Waals surface area contributed by atoms with Crippen molar-refractivity contribution in [1.29, 1.82) is 0 Å². The van der Waals surface area contributed by atoms with Crippen LogP contribution in [0.1, 0.15) is 11.7 Å². The van der Waals surface area contributed by atoms with E-state index in [0.29, 0.717) is 30.3 Å². The van der Waals surface area contributed by atoms with Gasteiger partial charge in [0.1, 0.15) is 6.10 Å². The van der Waals surface area contributed by atoms with Crippen molar-refractivity contribution in [2.45, 2.75) is 12.2 Å². The summed E-state index contributed by atoms with van der Waals surface area (Å²) in [6, 6.07) is 4.80. The lowest BCUT2D eigenvalue weighted by Gasteiger charge is -2.27. The molecule has 0 amide bonds. The second-order valence-corrected chi connectivity index (χ2v) is 4.11. The molecule has 0 saturated carbocycles. The minimum atomic E-state index is -1.33. The van der Waals surface area contributed by atoms with E-state index in [-0.39, 0.29) is 6.10 Å². The molecule has 1 atom stereocenters. The summed E-state index contributed by atoms with van der Waals surface area (Å²) < 4.78 is 20.3. The first kappa shape index (κ1) is 13.6. The maximum absolute atomic E-state index is 11.3. The van der Waals surface area contributed by atoms with Gasteiger partial charge in [-0.15, -0.1) is 0 Å². The highest BCUT2D eigenvalue weighted by Crippen LogP contribution is 2.32. The quantitative estimate of drug-likeness (QED) is 0.792. The van der Waals surface area contributed by atoms with Crippen LogP contribution in [0.2, 0.25) is 0 Å². The Morgan fingerprint density at radius 1 is 1.37 bits per heavy atom. The Bertz CT molecular complexity index is 454. The van der Waals surface area contributed by atoms with Crippen molar-refractivity contribution in [1.82, 2.24) is 0 Å². The van der Waals surface area contributed by atoms with Crippen LogP contribution in [0.5, 0.6) is 11.5 Å². The molecule has 1 aromatic rings. The third-order valence-corrected chi connectivity index (χ3v) is 2.83. The molecule has 6 heteroatoms. The molecule has 1 saturated heterocycles. The molecule has 1 heterocycles. The maximum atomic E-state index is 11.3. The monoisotopic (exact) mass is 268 g/mol. The molecule has 0 radical (unpaired) electrons. The molecule has 0 bridgehead atoms. The molecule has 2 rings (SSSR count).